The molecular weight excluding hydrogens is 318 g/mol. The quantitative estimate of drug-likeness (QED) is 0.447. The first-order chi connectivity index (χ1) is 11.1. The zero-order valence-corrected chi connectivity index (χ0v) is 16.5. The lowest BCUT2D eigenvalue weighted by Gasteiger charge is -2.50. The Morgan fingerprint density at radius 1 is 1.25 bits per heavy atom. The van der Waals surface area contributed by atoms with Gasteiger partial charge in [0.2, 0.25) is 5.91 Å². The van der Waals surface area contributed by atoms with Crippen LogP contribution < -0.4 is 0 Å². The number of carbonyl (C=O) groups excluding carboxylic acids is 2. The standard InChI is InChI=1S/C19H29NO3Si/c1-19(2,3)24(4,5)17(20-12-11-16(20)21)13-18(22)23-14-15-9-7-6-8-10-15/h6-10,17H,11-14H2,1-5H3/t17-/m0/s1. The normalized spacial score (nSPS) is 16.5. The summed E-state index contributed by atoms with van der Waals surface area (Å²) in [5, 5.41) is 0.104. The Morgan fingerprint density at radius 3 is 2.33 bits per heavy atom. The van der Waals surface area contributed by atoms with Crippen molar-refractivity contribution in [3.8, 4) is 0 Å². The Bertz CT molecular complexity index is 592. The van der Waals surface area contributed by atoms with Crippen molar-refractivity contribution in [3.05, 3.63) is 35.9 Å². The maximum absolute atomic E-state index is 12.4. The molecule has 0 N–H and O–H groups in total. The third-order valence-electron chi connectivity index (χ3n) is 5.63. The molecule has 0 saturated carbocycles. The molecule has 1 aromatic rings. The molecule has 1 fully saturated rings. The smallest absolute Gasteiger partial charge is 0.307 e. The molecule has 2 rings (SSSR count). The van der Waals surface area contributed by atoms with Crippen molar-refractivity contribution in [3.63, 3.8) is 0 Å². The molecule has 4 nitrogen and oxygen atoms in total. The maximum Gasteiger partial charge on any atom is 0.307 e. The lowest BCUT2D eigenvalue weighted by Crippen LogP contribution is -2.63. The number of amides is 1. The Morgan fingerprint density at radius 2 is 1.88 bits per heavy atom. The summed E-state index contributed by atoms with van der Waals surface area (Å²) in [6, 6.07) is 9.68. The Hall–Kier alpha value is -1.62. The van der Waals surface area contributed by atoms with Gasteiger partial charge >= 0.3 is 5.97 Å². The van der Waals surface area contributed by atoms with Crippen LogP contribution in [0.2, 0.25) is 18.1 Å². The summed E-state index contributed by atoms with van der Waals surface area (Å²) in [5.74, 6) is -0.0472. The first-order valence-electron chi connectivity index (χ1n) is 8.62. The molecule has 1 aliphatic heterocycles. The monoisotopic (exact) mass is 347 g/mol. The molecule has 0 unspecified atom stereocenters. The van der Waals surface area contributed by atoms with Crippen molar-refractivity contribution < 1.29 is 14.3 Å². The van der Waals surface area contributed by atoms with Crippen molar-refractivity contribution in [2.45, 2.75) is 64.0 Å². The average molecular weight is 348 g/mol. The van der Waals surface area contributed by atoms with Crippen LogP contribution in [0.4, 0.5) is 0 Å². The highest BCUT2D eigenvalue weighted by atomic mass is 28.3. The van der Waals surface area contributed by atoms with Crippen molar-refractivity contribution in [1.82, 2.24) is 4.90 Å². The second kappa shape index (κ2) is 7.09. The number of hydrogen-bond donors (Lipinski definition) is 0. The number of β-lactam (4-membered cyclic amide) rings is 1. The van der Waals surface area contributed by atoms with Gasteiger partial charge in [-0.1, -0.05) is 64.2 Å². The third kappa shape index (κ3) is 4.07. The van der Waals surface area contributed by atoms with Gasteiger partial charge in [-0.25, -0.2) is 0 Å². The molecule has 5 heteroatoms. The lowest BCUT2D eigenvalue weighted by molar-refractivity contribution is -0.148. The molecule has 1 amide bonds. The van der Waals surface area contributed by atoms with Crippen LogP contribution >= 0.6 is 0 Å². The lowest BCUT2D eigenvalue weighted by atomic mass is 10.2. The number of rotatable bonds is 6. The predicted octanol–water partition coefficient (Wildman–Crippen LogP) is 3.77. The highest BCUT2D eigenvalue weighted by Gasteiger charge is 2.48. The van der Waals surface area contributed by atoms with Crippen molar-refractivity contribution in [1.29, 1.82) is 0 Å². The van der Waals surface area contributed by atoms with Crippen LogP contribution in [-0.4, -0.2) is 37.1 Å². The van der Waals surface area contributed by atoms with E-state index in [2.05, 4.69) is 33.9 Å². The molecular formula is C19H29NO3Si. The van der Waals surface area contributed by atoms with Crippen LogP contribution in [0.15, 0.2) is 30.3 Å². The van der Waals surface area contributed by atoms with Crippen LogP contribution in [0.5, 0.6) is 0 Å². The first-order valence-corrected chi connectivity index (χ1v) is 11.7. The zero-order valence-electron chi connectivity index (χ0n) is 15.5. The fraction of sp³-hybridized carbons (Fsp3) is 0.579. The number of esters is 1. The predicted molar refractivity (Wildman–Crippen MR) is 98.2 cm³/mol. The van der Waals surface area contributed by atoms with E-state index in [1.807, 2.05) is 35.2 Å². The van der Waals surface area contributed by atoms with Gasteiger partial charge in [-0.05, 0) is 10.6 Å². The van der Waals surface area contributed by atoms with E-state index in [1.165, 1.54) is 0 Å². The van der Waals surface area contributed by atoms with Crippen molar-refractivity contribution in [2.24, 2.45) is 0 Å². The third-order valence-corrected chi connectivity index (χ3v) is 11.7. The van der Waals surface area contributed by atoms with E-state index in [4.69, 9.17) is 4.74 Å². The maximum atomic E-state index is 12.4. The SMILES string of the molecule is CC(C)(C)[Si](C)(C)[C@@H](CC(=O)OCc1ccccc1)N1CCC1=O. The number of hydrogen-bond acceptors (Lipinski definition) is 3. The van der Waals surface area contributed by atoms with Gasteiger partial charge in [0.1, 0.15) is 6.61 Å². The summed E-state index contributed by atoms with van der Waals surface area (Å²) in [6.45, 7) is 12.2. The summed E-state index contributed by atoms with van der Waals surface area (Å²) in [6.07, 6.45) is 0.902. The fourth-order valence-corrected chi connectivity index (χ4v) is 5.60. The number of carbonyl (C=O) groups is 2. The number of likely N-dealkylation sites (tertiary alicyclic amines) is 1. The van der Waals surface area contributed by atoms with Crippen molar-refractivity contribution in [2.75, 3.05) is 6.54 Å². The molecule has 132 valence electrons. The van der Waals surface area contributed by atoms with Gasteiger partial charge < -0.3 is 9.64 Å². The molecule has 1 aliphatic rings. The van der Waals surface area contributed by atoms with Gasteiger partial charge in [-0.3, -0.25) is 9.59 Å². The summed E-state index contributed by atoms with van der Waals surface area (Å²) in [4.78, 5) is 26.3. The van der Waals surface area contributed by atoms with Gasteiger partial charge in [0.25, 0.3) is 0 Å². The number of benzene rings is 1. The van der Waals surface area contributed by atoms with Crippen molar-refractivity contribution >= 4 is 20.0 Å². The van der Waals surface area contributed by atoms with Crippen LogP contribution in [0.3, 0.4) is 0 Å². The highest BCUT2D eigenvalue weighted by Crippen LogP contribution is 2.42. The van der Waals surface area contributed by atoms with Gasteiger partial charge in [-0.2, -0.15) is 0 Å². The molecule has 1 heterocycles. The topological polar surface area (TPSA) is 46.6 Å². The average Bonchev–Trinajstić information content (AvgIpc) is 2.50. The molecule has 0 radical (unpaired) electrons. The van der Waals surface area contributed by atoms with Gasteiger partial charge in [0.15, 0.2) is 0 Å². The molecule has 1 saturated heterocycles. The molecule has 1 aromatic carbocycles. The van der Waals surface area contributed by atoms with E-state index in [-0.39, 0.29) is 29.2 Å². The molecule has 1 atom stereocenters. The largest absolute Gasteiger partial charge is 0.461 e. The minimum absolute atomic E-state index is 0.00187. The van der Waals surface area contributed by atoms with Gasteiger partial charge in [-0.15, -0.1) is 0 Å². The minimum Gasteiger partial charge on any atom is -0.461 e. The summed E-state index contributed by atoms with van der Waals surface area (Å²) in [5.41, 5.74) is 0.983. The van der Waals surface area contributed by atoms with E-state index >= 15 is 0 Å². The zero-order chi connectivity index (χ0) is 18.0. The van der Waals surface area contributed by atoms with Crippen LogP contribution in [0.1, 0.15) is 39.2 Å². The van der Waals surface area contributed by atoms with Gasteiger partial charge in [0.05, 0.1) is 14.5 Å². The van der Waals surface area contributed by atoms with Gasteiger partial charge in [0, 0.05) is 18.6 Å². The van der Waals surface area contributed by atoms with Crippen LogP contribution in [0.25, 0.3) is 0 Å². The molecule has 0 aromatic heterocycles. The molecule has 0 bridgehead atoms. The summed E-state index contributed by atoms with van der Waals surface area (Å²) < 4.78 is 5.47. The van der Waals surface area contributed by atoms with E-state index in [0.29, 0.717) is 12.8 Å². The van der Waals surface area contributed by atoms with E-state index < -0.39 is 8.07 Å². The highest BCUT2D eigenvalue weighted by molar-refractivity contribution is 6.82. The molecule has 24 heavy (non-hydrogen) atoms. The number of nitrogens with zero attached hydrogens (tertiary/aromatic N) is 1. The second-order valence-corrected chi connectivity index (χ2v) is 13.8. The molecule has 0 aliphatic carbocycles. The van der Waals surface area contributed by atoms with E-state index in [9.17, 15) is 9.59 Å². The molecule has 0 spiro atoms. The first kappa shape index (κ1) is 18.7. The van der Waals surface area contributed by atoms with E-state index in [0.717, 1.165) is 12.1 Å². The minimum atomic E-state index is -1.88. The van der Waals surface area contributed by atoms with E-state index in [1.54, 1.807) is 0 Å². The Balaban J connectivity index is 2.05. The fourth-order valence-electron chi connectivity index (χ4n) is 2.87. The summed E-state index contributed by atoms with van der Waals surface area (Å²) >= 11 is 0. The summed E-state index contributed by atoms with van der Waals surface area (Å²) in [7, 11) is -1.88. The van der Waals surface area contributed by atoms with Crippen LogP contribution in [0, 0.1) is 0 Å². The Labute approximate surface area is 146 Å². The number of ether oxygens (including phenoxy) is 1. The van der Waals surface area contributed by atoms with Crippen LogP contribution in [-0.2, 0) is 20.9 Å². The Kier molecular flexibility index (Phi) is 5.53. The second-order valence-electron chi connectivity index (χ2n) is 8.18.